The van der Waals surface area contributed by atoms with Crippen molar-refractivity contribution in [3.05, 3.63) is 57.0 Å². The zero-order valence-corrected chi connectivity index (χ0v) is 18.5. The first-order valence-electron chi connectivity index (χ1n) is 9.35. The quantitative estimate of drug-likeness (QED) is 0.346. The highest BCUT2D eigenvalue weighted by Gasteiger charge is 2.14. The molecular weight excluding hydrogens is 422 g/mol. The fourth-order valence-corrected chi connectivity index (χ4v) is 4.88. The van der Waals surface area contributed by atoms with E-state index in [0.29, 0.717) is 24.1 Å². The second kappa shape index (κ2) is 8.44. The molecule has 0 aliphatic carbocycles. The Labute approximate surface area is 180 Å². The number of hydrogen-bond donors (Lipinski definition) is 1. The van der Waals surface area contributed by atoms with Crippen molar-refractivity contribution in [2.45, 2.75) is 24.2 Å². The Morgan fingerprint density at radius 3 is 2.77 bits per heavy atom. The number of aromatic nitrogens is 6. The SMILES string of the molecule is Cc1ccccc1Nc1nnc(SCCCn2c(=O)c3c(ncn3C)n(C)c2=O)s1. The smallest absolute Gasteiger partial charge is 0.330 e. The van der Waals surface area contributed by atoms with Crippen LogP contribution in [0.4, 0.5) is 10.8 Å². The Balaban J connectivity index is 1.39. The second-order valence-corrected chi connectivity index (χ2v) is 9.16. The number of thioether (sulfide) groups is 1. The molecule has 0 fully saturated rings. The molecule has 3 aromatic heterocycles. The van der Waals surface area contributed by atoms with Gasteiger partial charge in [-0.05, 0) is 25.0 Å². The Kier molecular flexibility index (Phi) is 5.73. The van der Waals surface area contributed by atoms with Crippen molar-refractivity contribution in [2.75, 3.05) is 11.1 Å². The van der Waals surface area contributed by atoms with Gasteiger partial charge in [-0.2, -0.15) is 0 Å². The average molecular weight is 444 g/mol. The van der Waals surface area contributed by atoms with E-state index in [2.05, 4.69) is 20.5 Å². The van der Waals surface area contributed by atoms with E-state index < -0.39 is 0 Å². The van der Waals surface area contributed by atoms with Crippen molar-refractivity contribution in [2.24, 2.45) is 14.1 Å². The van der Waals surface area contributed by atoms with Gasteiger partial charge in [0.15, 0.2) is 15.5 Å². The van der Waals surface area contributed by atoms with Gasteiger partial charge in [0, 0.05) is 32.1 Å². The zero-order valence-electron chi connectivity index (χ0n) is 16.8. The van der Waals surface area contributed by atoms with Crippen LogP contribution >= 0.6 is 23.1 Å². The van der Waals surface area contributed by atoms with Crippen LogP contribution in [0.5, 0.6) is 0 Å². The standard InChI is InChI=1S/C19H21N7O2S2/c1-12-7-4-5-8-13(12)21-17-22-23-18(30-17)29-10-6-9-26-16(27)14-15(20-11-24(14)2)25(3)19(26)28/h4-5,7-8,11H,6,9-10H2,1-3H3,(H,21,22). The zero-order chi connectivity index (χ0) is 21.3. The van der Waals surface area contributed by atoms with E-state index in [1.807, 2.05) is 31.2 Å². The molecule has 0 atom stereocenters. The predicted octanol–water partition coefficient (Wildman–Crippen LogP) is 2.52. The van der Waals surface area contributed by atoms with Crippen LogP contribution in [0.25, 0.3) is 11.2 Å². The first kappa shape index (κ1) is 20.4. The summed E-state index contributed by atoms with van der Waals surface area (Å²) in [4.78, 5) is 29.4. The third kappa shape index (κ3) is 3.90. The Morgan fingerprint density at radius 2 is 1.97 bits per heavy atom. The Morgan fingerprint density at radius 1 is 1.17 bits per heavy atom. The summed E-state index contributed by atoms with van der Waals surface area (Å²) in [5.74, 6) is 0.720. The number of para-hydroxylation sites is 1. The van der Waals surface area contributed by atoms with E-state index >= 15 is 0 Å². The van der Waals surface area contributed by atoms with Crippen LogP contribution in [0.1, 0.15) is 12.0 Å². The van der Waals surface area contributed by atoms with Crippen molar-refractivity contribution in [3.8, 4) is 0 Å². The molecule has 0 saturated carbocycles. The summed E-state index contributed by atoms with van der Waals surface area (Å²) in [6.07, 6.45) is 2.20. The van der Waals surface area contributed by atoms with Crippen LogP contribution in [0, 0.1) is 6.92 Å². The Hall–Kier alpha value is -2.92. The van der Waals surface area contributed by atoms with E-state index in [4.69, 9.17) is 0 Å². The molecule has 4 rings (SSSR count). The molecule has 0 unspecified atom stereocenters. The number of hydrogen-bond acceptors (Lipinski definition) is 8. The lowest BCUT2D eigenvalue weighted by Crippen LogP contribution is -2.39. The van der Waals surface area contributed by atoms with Crippen molar-refractivity contribution < 1.29 is 0 Å². The van der Waals surface area contributed by atoms with Gasteiger partial charge in [0.25, 0.3) is 5.56 Å². The lowest BCUT2D eigenvalue weighted by atomic mass is 10.2. The number of benzene rings is 1. The van der Waals surface area contributed by atoms with Gasteiger partial charge in [0.1, 0.15) is 0 Å². The number of fused-ring (bicyclic) bond motifs is 1. The van der Waals surface area contributed by atoms with Crippen LogP contribution in [0.2, 0.25) is 0 Å². The predicted molar refractivity (Wildman–Crippen MR) is 120 cm³/mol. The van der Waals surface area contributed by atoms with Crippen molar-refractivity contribution >= 4 is 45.1 Å². The maximum Gasteiger partial charge on any atom is 0.332 e. The van der Waals surface area contributed by atoms with Crippen LogP contribution < -0.4 is 16.6 Å². The number of nitrogens with one attached hydrogen (secondary N) is 1. The van der Waals surface area contributed by atoms with Gasteiger partial charge in [-0.3, -0.25) is 13.9 Å². The minimum Gasteiger partial charge on any atom is -0.330 e. The monoisotopic (exact) mass is 443 g/mol. The fourth-order valence-electron chi connectivity index (χ4n) is 3.12. The lowest BCUT2D eigenvalue weighted by molar-refractivity contribution is 0.594. The fraction of sp³-hybridized carbons (Fsp3) is 0.316. The van der Waals surface area contributed by atoms with E-state index in [0.717, 1.165) is 26.5 Å². The molecular formula is C19H21N7O2S2. The molecule has 0 amide bonds. The molecule has 156 valence electrons. The molecule has 0 aliphatic heterocycles. The van der Waals surface area contributed by atoms with Crippen molar-refractivity contribution in [3.63, 3.8) is 0 Å². The van der Waals surface area contributed by atoms with Gasteiger partial charge >= 0.3 is 5.69 Å². The van der Waals surface area contributed by atoms with Gasteiger partial charge in [0.05, 0.1) is 6.33 Å². The first-order chi connectivity index (χ1) is 14.5. The average Bonchev–Trinajstić information content (AvgIpc) is 3.34. The highest BCUT2D eigenvalue weighted by molar-refractivity contribution is 8.01. The van der Waals surface area contributed by atoms with E-state index in [-0.39, 0.29) is 11.2 Å². The van der Waals surface area contributed by atoms with Gasteiger partial charge in [-0.25, -0.2) is 9.78 Å². The Bertz CT molecular complexity index is 1320. The van der Waals surface area contributed by atoms with Crippen molar-refractivity contribution in [1.29, 1.82) is 0 Å². The highest BCUT2D eigenvalue weighted by atomic mass is 32.2. The topological polar surface area (TPSA) is 99.6 Å². The molecule has 9 nitrogen and oxygen atoms in total. The van der Waals surface area contributed by atoms with Gasteiger partial charge < -0.3 is 9.88 Å². The lowest BCUT2D eigenvalue weighted by Gasteiger charge is -2.08. The van der Waals surface area contributed by atoms with Crippen LogP contribution in [-0.4, -0.2) is 34.6 Å². The summed E-state index contributed by atoms with van der Waals surface area (Å²) in [7, 11) is 3.38. The molecule has 30 heavy (non-hydrogen) atoms. The summed E-state index contributed by atoms with van der Waals surface area (Å²) < 4.78 is 5.18. The molecule has 0 aliphatic rings. The van der Waals surface area contributed by atoms with E-state index in [1.165, 1.54) is 20.5 Å². The number of rotatable bonds is 7. The summed E-state index contributed by atoms with van der Waals surface area (Å²) in [6, 6.07) is 8.00. The molecule has 0 bridgehead atoms. The molecule has 11 heteroatoms. The summed E-state index contributed by atoms with van der Waals surface area (Å²) in [5, 5.41) is 12.4. The first-order valence-corrected chi connectivity index (χ1v) is 11.2. The maximum atomic E-state index is 12.7. The number of aryl methyl sites for hydroxylation is 3. The summed E-state index contributed by atoms with van der Waals surface area (Å²) in [6.45, 7) is 2.38. The molecule has 4 aromatic rings. The van der Waals surface area contributed by atoms with Gasteiger partial charge in [-0.15, -0.1) is 10.2 Å². The van der Waals surface area contributed by atoms with E-state index in [1.54, 1.807) is 36.8 Å². The summed E-state index contributed by atoms with van der Waals surface area (Å²) in [5.41, 5.74) is 2.32. The molecule has 0 spiro atoms. The van der Waals surface area contributed by atoms with Crippen LogP contribution in [-0.2, 0) is 20.6 Å². The van der Waals surface area contributed by atoms with E-state index in [9.17, 15) is 9.59 Å². The van der Waals surface area contributed by atoms with Crippen molar-refractivity contribution in [1.82, 2.24) is 28.9 Å². The minimum atomic E-state index is -0.350. The van der Waals surface area contributed by atoms with Crippen LogP contribution in [0.15, 0.2) is 44.5 Å². The van der Waals surface area contributed by atoms with Crippen LogP contribution in [0.3, 0.4) is 0 Å². The number of nitrogens with zero attached hydrogens (tertiary/aromatic N) is 6. The van der Waals surface area contributed by atoms with Gasteiger partial charge in [0.2, 0.25) is 5.13 Å². The number of anilines is 2. The maximum absolute atomic E-state index is 12.7. The molecule has 1 N–H and O–H groups in total. The highest BCUT2D eigenvalue weighted by Crippen LogP contribution is 2.28. The van der Waals surface area contributed by atoms with Gasteiger partial charge in [-0.1, -0.05) is 41.3 Å². The minimum absolute atomic E-state index is 0.307. The molecule has 3 heterocycles. The third-order valence-corrected chi connectivity index (χ3v) is 6.80. The molecule has 0 radical (unpaired) electrons. The summed E-state index contributed by atoms with van der Waals surface area (Å²) >= 11 is 3.04. The second-order valence-electron chi connectivity index (χ2n) is 6.84. The molecule has 0 saturated heterocycles. The normalized spacial score (nSPS) is 11.3. The third-order valence-electron chi connectivity index (χ3n) is 4.75. The molecule has 1 aromatic carbocycles. The number of imidazole rings is 1. The largest absolute Gasteiger partial charge is 0.332 e.